The monoisotopic (exact) mass is 400 g/mol. The summed E-state index contributed by atoms with van der Waals surface area (Å²) in [5.74, 6) is -0.202. The molecule has 1 aromatic heterocycles. The van der Waals surface area contributed by atoms with Crippen molar-refractivity contribution in [1.29, 1.82) is 0 Å². The zero-order chi connectivity index (χ0) is 19.1. The summed E-state index contributed by atoms with van der Waals surface area (Å²) in [6.07, 6.45) is -4.35. The first-order valence-corrected chi connectivity index (χ1v) is 9.66. The average Bonchev–Trinajstić information content (AvgIpc) is 3.10. The average molecular weight is 400 g/mol. The number of carbonyl (C=O) groups excluding carboxylic acids is 1. The Bertz CT molecular complexity index is 784. The van der Waals surface area contributed by atoms with Gasteiger partial charge in [-0.05, 0) is 62.0 Å². The van der Waals surface area contributed by atoms with Crippen LogP contribution in [0, 0.1) is 0 Å². The van der Waals surface area contributed by atoms with Crippen molar-refractivity contribution in [2.45, 2.75) is 49.8 Å². The van der Waals surface area contributed by atoms with E-state index in [1.165, 1.54) is 23.5 Å². The van der Waals surface area contributed by atoms with Crippen LogP contribution in [0.25, 0.3) is 0 Å². The highest BCUT2D eigenvalue weighted by Crippen LogP contribution is 2.45. The van der Waals surface area contributed by atoms with Crippen LogP contribution in [0.15, 0.2) is 34.5 Å². The second kappa shape index (κ2) is 6.90. The van der Waals surface area contributed by atoms with Gasteiger partial charge in [0.25, 0.3) is 5.91 Å². The predicted molar refractivity (Wildman–Crippen MR) is 98.1 cm³/mol. The van der Waals surface area contributed by atoms with Gasteiger partial charge in [0.2, 0.25) is 0 Å². The predicted octanol–water partition coefficient (Wildman–Crippen LogP) is 5.32. The van der Waals surface area contributed by atoms with E-state index in [1.54, 1.807) is 11.9 Å². The van der Waals surface area contributed by atoms with E-state index in [0.29, 0.717) is 10.4 Å². The number of hydrogen-bond donors (Lipinski definition) is 1. The molecule has 2 heterocycles. The van der Waals surface area contributed by atoms with Crippen LogP contribution in [0.3, 0.4) is 0 Å². The van der Waals surface area contributed by atoms with Gasteiger partial charge in [-0.15, -0.1) is 11.3 Å². The topological polar surface area (TPSA) is 32.3 Å². The Kier molecular flexibility index (Phi) is 5.11. The highest BCUT2D eigenvalue weighted by molar-refractivity contribution is 7.99. The number of nitrogens with zero attached hydrogens (tertiary/aromatic N) is 1. The Balaban J connectivity index is 1.59. The second-order valence-corrected chi connectivity index (χ2v) is 9.44. The number of rotatable bonds is 3. The van der Waals surface area contributed by atoms with Crippen LogP contribution < -0.4 is 5.32 Å². The fourth-order valence-electron chi connectivity index (χ4n) is 2.45. The minimum absolute atomic E-state index is 0.0500. The molecule has 0 spiro atoms. The van der Waals surface area contributed by atoms with Gasteiger partial charge < -0.3 is 5.32 Å². The first-order valence-electron chi connectivity index (χ1n) is 8.07. The highest BCUT2D eigenvalue weighted by atomic mass is 32.2. The molecule has 0 unspecified atom stereocenters. The van der Waals surface area contributed by atoms with Gasteiger partial charge in [0.1, 0.15) is 0 Å². The van der Waals surface area contributed by atoms with Crippen LogP contribution in [0.4, 0.5) is 13.2 Å². The molecule has 8 heteroatoms. The Morgan fingerprint density at radius 3 is 2.38 bits per heavy atom. The summed E-state index contributed by atoms with van der Waals surface area (Å²) < 4.78 is 41.1. The maximum absolute atomic E-state index is 12.6. The summed E-state index contributed by atoms with van der Waals surface area (Å²) in [6.45, 7) is 7.43. The maximum atomic E-state index is 12.6. The van der Waals surface area contributed by atoms with Crippen molar-refractivity contribution in [3.05, 3.63) is 51.9 Å². The lowest BCUT2D eigenvalue weighted by Gasteiger charge is -2.29. The standard InChI is InChI=1S/C18H19F3N2OS2/c1-17(2,3)23-10-12-8-14(25-16(12)26-23)15(24)22-9-11-4-6-13(7-5-11)18(19,20)21/h4-8H,9-10H2,1-3H3,(H,22,24). The normalized spacial score (nSPS) is 15.2. The van der Waals surface area contributed by atoms with Gasteiger partial charge in [-0.25, -0.2) is 4.31 Å². The molecule has 2 aromatic rings. The fraction of sp³-hybridized carbons (Fsp3) is 0.389. The molecular formula is C18H19F3N2OS2. The Morgan fingerprint density at radius 1 is 1.19 bits per heavy atom. The molecule has 0 aliphatic carbocycles. The van der Waals surface area contributed by atoms with Gasteiger partial charge in [-0.1, -0.05) is 12.1 Å². The first kappa shape index (κ1) is 19.3. The Hall–Kier alpha value is -1.51. The van der Waals surface area contributed by atoms with E-state index < -0.39 is 11.7 Å². The largest absolute Gasteiger partial charge is 0.416 e. The van der Waals surface area contributed by atoms with E-state index in [-0.39, 0.29) is 18.0 Å². The lowest BCUT2D eigenvalue weighted by molar-refractivity contribution is -0.137. The molecule has 1 aliphatic rings. The summed E-state index contributed by atoms with van der Waals surface area (Å²) in [4.78, 5) is 13.0. The summed E-state index contributed by atoms with van der Waals surface area (Å²) >= 11 is 3.12. The quantitative estimate of drug-likeness (QED) is 0.708. The Labute approximate surface area is 158 Å². The lowest BCUT2D eigenvalue weighted by atomic mass is 10.1. The van der Waals surface area contributed by atoms with Crippen molar-refractivity contribution in [3.63, 3.8) is 0 Å². The summed E-state index contributed by atoms with van der Waals surface area (Å²) in [5.41, 5.74) is 1.13. The molecule has 0 radical (unpaired) electrons. The van der Waals surface area contributed by atoms with Crippen molar-refractivity contribution in [3.8, 4) is 0 Å². The Morgan fingerprint density at radius 2 is 1.85 bits per heavy atom. The molecule has 0 saturated heterocycles. The van der Waals surface area contributed by atoms with Crippen molar-refractivity contribution in [2.24, 2.45) is 0 Å². The molecule has 3 nitrogen and oxygen atoms in total. The number of thiophene rings is 1. The maximum Gasteiger partial charge on any atom is 0.416 e. The van der Waals surface area contributed by atoms with Crippen LogP contribution in [0.5, 0.6) is 0 Å². The zero-order valence-corrected chi connectivity index (χ0v) is 16.2. The minimum atomic E-state index is -4.35. The number of nitrogens with one attached hydrogen (secondary N) is 1. The smallest absolute Gasteiger partial charge is 0.347 e. The number of carbonyl (C=O) groups is 1. The van der Waals surface area contributed by atoms with Crippen molar-refractivity contribution in [1.82, 2.24) is 9.62 Å². The number of hydrogen-bond acceptors (Lipinski definition) is 4. The van der Waals surface area contributed by atoms with Crippen LogP contribution >= 0.6 is 23.3 Å². The van der Waals surface area contributed by atoms with E-state index in [0.717, 1.165) is 28.5 Å². The molecule has 1 aliphatic heterocycles. The van der Waals surface area contributed by atoms with Crippen LogP contribution in [0.1, 0.15) is 47.1 Å². The number of alkyl halides is 3. The van der Waals surface area contributed by atoms with E-state index in [9.17, 15) is 18.0 Å². The molecule has 0 atom stereocenters. The van der Waals surface area contributed by atoms with Crippen LogP contribution in [-0.2, 0) is 19.3 Å². The second-order valence-electron chi connectivity index (χ2n) is 7.10. The van der Waals surface area contributed by atoms with Gasteiger partial charge in [-0.3, -0.25) is 4.79 Å². The third kappa shape index (κ3) is 4.24. The fourth-order valence-corrected chi connectivity index (χ4v) is 4.88. The van der Waals surface area contributed by atoms with Crippen molar-refractivity contribution in [2.75, 3.05) is 0 Å². The van der Waals surface area contributed by atoms with Gasteiger partial charge in [-0.2, -0.15) is 13.2 Å². The molecule has 0 fully saturated rings. The highest BCUT2D eigenvalue weighted by Gasteiger charge is 2.32. The summed E-state index contributed by atoms with van der Waals surface area (Å²) in [5, 5.41) is 2.77. The molecular weight excluding hydrogens is 381 g/mol. The number of halogens is 3. The zero-order valence-electron chi connectivity index (χ0n) is 14.6. The SMILES string of the molecule is CC(C)(C)N1Cc2cc(C(=O)NCc3ccc(C(F)(F)F)cc3)sc2S1. The molecule has 26 heavy (non-hydrogen) atoms. The van der Waals surface area contributed by atoms with E-state index in [2.05, 4.69) is 30.4 Å². The molecule has 1 aromatic carbocycles. The molecule has 0 bridgehead atoms. The van der Waals surface area contributed by atoms with Gasteiger partial charge in [0.15, 0.2) is 0 Å². The molecule has 140 valence electrons. The minimum Gasteiger partial charge on any atom is -0.347 e. The van der Waals surface area contributed by atoms with Crippen LogP contribution in [0.2, 0.25) is 0 Å². The molecule has 3 rings (SSSR count). The van der Waals surface area contributed by atoms with E-state index in [4.69, 9.17) is 0 Å². The van der Waals surface area contributed by atoms with Gasteiger partial charge in [0.05, 0.1) is 14.6 Å². The van der Waals surface area contributed by atoms with Crippen molar-refractivity contribution >= 4 is 29.2 Å². The molecule has 1 N–H and O–H groups in total. The van der Waals surface area contributed by atoms with Crippen molar-refractivity contribution < 1.29 is 18.0 Å². The van der Waals surface area contributed by atoms with Gasteiger partial charge >= 0.3 is 6.18 Å². The summed E-state index contributed by atoms with van der Waals surface area (Å²) in [6, 6.07) is 6.72. The number of benzene rings is 1. The van der Waals surface area contributed by atoms with E-state index >= 15 is 0 Å². The first-order chi connectivity index (χ1) is 12.0. The number of fused-ring (bicyclic) bond motifs is 1. The lowest BCUT2D eigenvalue weighted by Crippen LogP contribution is -2.32. The third-order valence-corrected chi connectivity index (χ3v) is 6.75. The molecule has 1 amide bonds. The summed E-state index contributed by atoms with van der Waals surface area (Å²) in [7, 11) is 0. The van der Waals surface area contributed by atoms with Crippen LogP contribution in [-0.4, -0.2) is 15.8 Å². The van der Waals surface area contributed by atoms with Gasteiger partial charge in [0, 0.05) is 18.6 Å². The number of amides is 1. The molecule has 0 saturated carbocycles. The van der Waals surface area contributed by atoms with E-state index in [1.807, 2.05) is 6.07 Å². The third-order valence-electron chi connectivity index (χ3n) is 3.98.